The lowest BCUT2D eigenvalue weighted by atomic mass is 10.0. The lowest BCUT2D eigenvalue weighted by Crippen LogP contribution is -2.35. The van der Waals surface area contributed by atoms with Gasteiger partial charge in [0.05, 0.1) is 12.3 Å². The lowest BCUT2D eigenvalue weighted by Gasteiger charge is -2.32. The van der Waals surface area contributed by atoms with E-state index in [9.17, 15) is 18.0 Å². The van der Waals surface area contributed by atoms with Gasteiger partial charge in [-0.15, -0.1) is 0 Å². The third-order valence-electron chi connectivity index (χ3n) is 5.67. The summed E-state index contributed by atoms with van der Waals surface area (Å²) in [5.74, 6) is -0.0166. The molecule has 30 heavy (non-hydrogen) atoms. The molecule has 2 atom stereocenters. The first-order valence-electron chi connectivity index (χ1n) is 9.78. The first-order valence-corrected chi connectivity index (χ1v) is 9.78. The maximum atomic E-state index is 13.7. The number of aryl methyl sites for hydroxylation is 2. The highest BCUT2D eigenvalue weighted by molar-refractivity contribution is 6.03. The third-order valence-corrected chi connectivity index (χ3v) is 5.67. The van der Waals surface area contributed by atoms with E-state index in [1.165, 1.54) is 23.5 Å². The number of rotatable bonds is 3. The van der Waals surface area contributed by atoms with Crippen molar-refractivity contribution in [2.45, 2.75) is 43.9 Å². The number of carbonyl (C=O) groups excluding carboxylic acids is 1. The Hall–Kier alpha value is -3.23. The summed E-state index contributed by atoms with van der Waals surface area (Å²) in [6, 6.07) is 7.78. The maximum absolute atomic E-state index is 13.7. The van der Waals surface area contributed by atoms with E-state index in [2.05, 4.69) is 15.7 Å². The van der Waals surface area contributed by atoms with Crippen LogP contribution in [-0.4, -0.2) is 21.9 Å². The van der Waals surface area contributed by atoms with Gasteiger partial charge in [0.15, 0.2) is 11.7 Å². The molecule has 1 aromatic carbocycles. The average Bonchev–Trinajstić information content (AvgIpc) is 3.44. The predicted octanol–water partition coefficient (Wildman–Crippen LogP) is 4.88. The number of hydrogen-bond donors (Lipinski definition) is 2. The van der Waals surface area contributed by atoms with Crippen molar-refractivity contribution in [3.05, 3.63) is 65.2 Å². The van der Waals surface area contributed by atoms with Crippen molar-refractivity contribution in [3.8, 4) is 0 Å². The number of amides is 1. The summed E-state index contributed by atoms with van der Waals surface area (Å²) in [5.41, 5.74) is 3.00. The van der Waals surface area contributed by atoms with Crippen molar-refractivity contribution >= 4 is 17.4 Å². The molecule has 5 rings (SSSR count). The number of carbonyl (C=O) groups is 1. The third kappa shape index (κ3) is 3.34. The molecule has 2 aliphatic rings. The normalized spacial score (nSPS) is 20.4. The van der Waals surface area contributed by atoms with Crippen molar-refractivity contribution in [2.24, 2.45) is 0 Å². The maximum Gasteiger partial charge on any atom is 0.410 e. The Kier molecular flexibility index (Phi) is 4.34. The average molecular weight is 416 g/mol. The molecule has 3 aromatic rings. The summed E-state index contributed by atoms with van der Waals surface area (Å²) in [6.07, 6.45) is -0.302. The molecule has 0 saturated heterocycles. The summed E-state index contributed by atoms with van der Waals surface area (Å²) >= 11 is 0. The molecule has 0 unspecified atom stereocenters. The summed E-state index contributed by atoms with van der Waals surface area (Å²) in [4.78, 5) is 12.7. The molecule has 1 amide bonds. The number of alkyl halides is 3. The van der Waals surface area contributed by atoms with E-state index < -0.39 is 24.2 Å². The summed E-state index contributed by atoms with van der Waals surface area (Å²) in [5, 5.41) is 9.72. The molecule has 9 heteroatoms. The Labute approximate surface area is 170 Å². The smallest absolute Gasteiger partial charge is 0.410 e. The summed E-state index contributed by atoms with van der Waals surface area (Å²) in [6.45, 7) is 0. The van der Waals surface area contributed by atoms with Crippen LogP contribution in [0.1, 0.15) is 52.3 Å². The second-order valence-corrected chi connectivity index (χ2v) is 7.66. The molecule has 2 aromatic heterocycles. The molecule has 1 aliphatic heterocycles. The molecule has 0 fully saturated rings. The zero-order valence-corrected chi connectivity index (χ0v) is 15.9. The first kappa shape index (κ1) is 18.8. The van der Waals surface area contributed by atoms with Gasteiger partial charge in [-0.25, -0.2) is 4.68 Å². The molecule has 0 bridgehead atoms. The molecule has 6 nitrogen and oxygen atoms in total. The molecular weight excluding hydrogens is 397 g/mol. The van der Waals surface area contributed by atoms with Gasteiger partial charge < -0.3 is 15.1 Å². The van der Waals surface area contributed by atoms with Gasteiger partial charge >= 0.3 is 6.18 Å². The first-order chi connectivity index (χ1) is 14.4. The highest BCUT2D eigenvalue weighted by atomic mass is 19.4. The summed E-state index contributed by atoms with van der Waals surface area (Å²) < 4.78 is 47.2. The number of anilines is 2. The van der Waals surface area contributed by atoms with Gasteiger partial charge in [-0.05, 0) is 54.7 Å². The van der Waals surface area contributed by atoms with E-state index >= 15 is 0 Å². The standard InChI is InChI=1S/C21H19F3N4O2/c22-21(23,24)18-10-15(17-5-2-8-30-17)26-19-11-16(27-28(18)19)20(29)25-14-7-6-12-3-1-4-13(12)9-14/h2,5-9,11,15,18,26H,1,3-4,10H2,(H,25,29)/t15-,18-/m1/s1. The van der Waals surface area contributed by atoms with Gasteiger partial charge in [-0.3, -0.25) is 4.79 Å². The number of fused-ring (bicyclic) bond motifs is 2. The fraction of sp³-hybridized carbons (Fsp3) is 0.333. The molecule has 1 aliphatic carbocycles. The van der Waals surface area contributed by atoms with Gasteiger partial charge in [0.2, 0.25) is 0 Å². The van der Waals surface area contributed by atoms with Gasteiger partial charge in [0.1, 0.15) is 11.6 Å². The van der Waals surface area contributed by atoms with Crippen LogP contribution in [0, 0.1) is 0 Å². The second-order valence-electron chi connectivity index (χ2n) is 7.66. The molecule has 3 heterocycles. The highest BCUT2D eigenvalue weighted by Gasteiger charge is 2.47. The van der Waals surface area contributed by atoms with E-state index in [1.54, 1.807) is 12.1 Å². The highest BCUT2D eigenvalue weighted by Crippen LogP contribution is 2.43. The fourth-order valence-electron chi connectivity index (χ4n) is 4.21. The van der Waals surface area contributed by atoms with Gasteiger partial charge in [-0.1, -0.05) is 6.07 Å². The van der Waals surface area contributed by atoms with Gasteiger partial charge in [-0.2, -0.15) is 18.3 Å². The van der Waals surface area contributed by atoms with Crippen LogP contribution >= 0.6 is 0 Å². The Bertz CT molecular complexity index is 1090. The van der Waals surface area contributed by atoms with Crippen molar-refractivity contribution in [1.29, 1.82) is 0 Å². The minimum atomic E-state index is -4.51. The molecule has 0 saturated carbocycles. The minimum absolute atomic E-state index is 0.0765. The van der Waals surface area contributed by atoms with E-state index in [-0.39, 0.29) is 17.9 Å². The number of benzene rings is 1. The van der Waals surface area contributed by atoms with Crippen molar-refractivity contribution < 1.29 is 22.4 Å². The topological polar surface area (TPSA) is 72.1 Å². The van der Waals surface area contributed by atoms with E-state index in [4.69, 9.17) is 4.42 Å². The number of furan rings is 1. The van der Waals surface area contributed by atoms with E-state index in [0.29, 0.717) is 11.4 Å². The fourth-order valence-corrected chi connectivity index (χ4v) is 4.21. The van der Waals surface area contributed by atoms with Crippen LogP contribution in [0.4, 0.5) is 24.7 Å². The minimum Gasteiger partial charge on any atom is -0.467 e. The number of nitrogens with zero attached hydrogens (tertiary/aromatic N) is 2. The van der Waals surface area contributed by atoms with Crippen LogP contribution in [0.25, 0.3) is 0 Å². The molecule has 2 N–H and O–H groups in total. The Balaban J connectivity index is 1.42. The number of hydrogen-bond acceptors (Lipinski definition) is 4. The molecular formula is C21H19F3N4O2. The number of halogens is 3. The van der Waals surface area contributed by atoms with Crippen LogP contribution in [0.2, 0.25) is 0 Å². The Morgan fingerprint density at radius 1 is 1.20 bits per heavy atom. The monoisotopic (exact) mass is 416 g/mol. The SMILES string of the molecule is O=C(Nc1ccc2c(c1)CCC2)c1cc2n(n1)[C@@H](C(F)(F)F)C[C@H](c1ccco1)N2. The zero-order valence-electron chi connectivity index (χ0n) is 15.9. The Morgan fingerprint density at radius 3 is 2.80 bits per heavy atom. The van der Waals surface area contributed by atoms with Crippen molar-refractivity contribution in [3.63, 3.8) is 0 Å². The van der Waals surface area contributed by atoms with Crippen LogP contribution in [-0.2, 0) is 12.8 Å². The van der Waals surface area contributed by atoms with Crippen LogP contribution in [0.3, 0.4) is 0 Å². The second kappa shape index (κ2) is 6.93. The van der Waals surface area contributed by atoms with Gasteiger partial charge in [0, 0.05) is 18.2 Å². The van der Waals surface area contributed by atoms with Crippen LogP contribution in [0.15, 0.2) is 47.1 Å². The lowest BCUT2D eigenvalue weighted by molar-refractivity contribution is -0.174. The largest absolute Gasteiger partial charge is 0.467 e. The van der Waals surface area contributed by atoms with Crippen LogP contribution in [0.5, 0.6) is 0 Å². The molecule has 0 spiro atoms. The molecule has 156 valence electrons. The molecule has 0 radical (unpaired) electrons. The van der Waals surface area contributed by atoms with Crippen molar-refractivity contribution in [2.75, 3.05) is 10.6 Å². The Morgan fingerprint density at radius 2 is 2.03 bits per heavy atom. The van der Waals surface area contributed by atoms with E-state index in [1.807, 2.05) is 18.2 Å². The predicted molar refractivity (Wildman–Crippen MR) is 103 cm³/mol. The van der Waals surface area contributed by atoms with E-state index in [0.717, 1.165) is 23.9 Å². The van der Waals surface area contributed by atoms with Crippen molar-refractivity contribution in [1.82, 2.24) is 9.78 Å². The number of aromatic nitrogens is 2. The zero-order chi connectivity index (χ0) is 20.9. The summed E-state index contributed by atoms with van der Waals surface area (Å²) in [7, 11) is 0. The number of nitrogens with one attached hydrogen (secondary N) is 2. The van der Waals surface area contributed by atoms with Crippen LogP contribution < -0.4 is 10.6 Å². The van der Waals surface area contributed by atoms with Gasteiger partial charge in [0.25, 0.3) is 5.91 Å². The quantitative estimate of drug-likeness (QED) is 0.639.